The number of hydrogen-bond acceptors (Lipinski definition) is 2. The van der Waals surface area contributed by atoms with Crippen molar-refractivity contribution < 1.29 is 0 Å². The maximum atomic E-state index is 5.05. The van der Waals surface area contributed by atoms with E-state index in [-0.39, 0.29) is 0 Å². The van der Waals surface area contributed by atoms with Gasteiger partial charge in [-0.3, -0.25) is 0 Å². The number of aromatic amines is 2. The van der Waals surface area contributed by atoms with E-state index in [1.54, 1.807) is 0 Å². The number of aromatic nitrogens is 4. The normalized spacial score (nSPS) is 12.0. The van der Waals surface area contributed by atoms with Gasteiger partial charge in [0.2, 0.25) is 0 Å². The summed E-state index contributed by atoms with van der Waals surface area (Å²) < 4.78 is 0. The first-order chi connectivity index (χ1) is 16.8. The number of nitrogens with zero attached hydrogens (tertiary/aromatic N) is 2. The second-order valence-electron chi connectivity index (χ2n) is 8.59. The van der Waals surface area contributed by atoms with E-state index in [4.69, 9.17) is 9.97 Å². The second-order valence-corrected chi connectivity index (χ2v) is 8.59. The van der Waals surface area contributed by atoms with Crippen LogP contribution in [0.2, 0.25) is 0 Å². The number of rotatable bonds is 1. The molecular weight excluding hydrogens is 416 g/mol. The van der Waals surface area contributed by atoms with Crippen LogP contribution in [-0.2, 0) is 0 Å². The Hall–Kier alpha value is -4.70. The lowest BCUT2D eigenvalue weighted by atomic mass is 10.0. The molecule has 0 atom stereocenters. The molecule has 8 bridgehead atoms. The molecule has 3 aromatic heterocycles. The third kappa shape index (κ3) is 3.24. The molecule has 2 aliphatic rings. The Bertz CT molecular complexity index is 1750. The minimum Gasteiger partial charge on any atom is -0.355 e. The lowest BCUT2D eigenvalue weighted by Crippen LogP contribution is -1.77. The summed E-state index contributed by atoms with van der Waals surface area (Å²) in [4.78, 5) is 16.9. The molecule has 0 saturated heterocycles. The Labute approximate surface area is 196 Å². The van der Waals surface area contributed by atoms with Gasteiger partial charge in [-0.15, -0.1) is 0 Å². The van der Waals surface area contributed by atoms with Gasteiger partial charge < -0.3 is 9.97 Å². The Morgan fingerprint density at radius 2 is 1.12 bits per heavy atom. The zero-order chi connectivity index (χ0) is 22.5. The van der Waals surface area contributed by atoms with Gasteiger partial charge in [0, 0.05) is 38.8 Å². The molecule has 0 saturated carbocycles. The first-order valence-electron chi connectivity index (χ1n) is 11.3. The smallest absolute Gasteiger partial charge is 0.0737 e. The zero-order valence-electron chi connectivity index (χ0n) is 18.3. The standard InChI is InChI=1S/C30H20N4/c1-2-6-19(7-3-1)27-16-24-15-22-11-10-20(31-22)14-21-12-13-23(32-21)17-28-25-8-4-5-9-26(25)29(34-28)18-30(27)33-24/h1-18,32-33H. The van der Waals surface area contributed by atoms with E-state index in [0.29, 0.717) is 0 Å². The highest BCUT2D eigenvalue weighted by Crippen LogP contribution is 2.36. The number of H-pyrrole nitrogens is 2. The van der Waals surface area contributed by atoms with E-state index in [9.17, 15) is 0 Å². The Kier molecular flexibility index (Phi) is 4.11. The van der Waals surface area contributed by atoms with Crippen molar-refractivity contribution in [1.29, 1.82) is 0 Å². The number of benzene rings is 2. The molecule has 0 fully saturated rings. The van der Waals surface area contributed by atoms with Gasteiger partial charge in [0.1, 0.15) is 0 Å². The van der Waals surface area contributed by atoms with E-state index < -0.39 is 0 Å². The molecule has 2 aliphatic heterocycles. The first kappa shape index (κ1) is 18.8. The van der Waals surface area contributed by atoms with Gasteiger partial charge in [0.05, 0.1) is 22.8 Å². The number of nitrogens with one attached hydrogen (secondary N) is 2. The molecule has 34 heavy (non-hydrogen) atoms. The molecule has 0 radical (unpaired) electrons. The Morgan fingerprint density at radius 3 is 1.88 bits per heavy atom. The van der Waals surface area contributed by atoms with Gasteiger partial charge in [-0.2, -0.15) is 0 Å². The Morgan fingerprint density at radius 1 is 0.471 bits per heavy atom. The van der Waals surface area contributed by atoms with Crippen molar-refractivity contribution in [3.05, 3.63) is 108 Å². The predicted molar refractivity (Wildman–Crippen MR) is 140 cm³/mol. The first-order valence-corrected chi connectivity index (χ1v) is 11.3. The predicted octanol–water partition coefficient (Wildman–Crippen LogP) is 7.49. The van der Waals surface area contributed by atoms with Crippen LogP contribution in [0.5, 0.6) is 0 Å². The van der Waals surface area contributed by atoms with Gasteiger partial charge in [-0.25, -0.2) is 9.97 Å². The summed E-state index contributed by atoms with van der Waals surface area (Å²) in [6.07, 6.45) is 4.09. The van der Waals surface area contributed by atoms with Crippen LogP contribution >= 0.6 is 0 Å². The highest BCUT2D eigenvalue weighted by molar-refractivity contribution is 5.91. The van der Waals surface area contributed by atoms with Crippen molar-refractivity contribution in [3.63, 3.8) is 0 Å². The maximum Gasteiger partial charge on any atom is 0.0737 e. The monoisotopic (exact) mass is 436 g/mol. The molecule has 160 valence electrons. The summed E-state index contributed by atoms with van der Waals surface area (Å²) in [5, 5.41) is 0. The molecule has 0 unspecified atom stereocenters. The highest BCUT2D eigenvalue weighted by atomic mass is 14.8. The van der Waals surface area contributed by atoms with Crippen molar-refractivity contribution >= 4 is 34.2 Å². The summed E-state index contributed by atoms with van der Waals surface area (Å²) >= 11 is 0. The van der Waals surface area contributed by atoms with Crippen molar-refractivity contribution in [3.8, 4) is 33.6 Å². The minimum atomic E-state index is 0.920. The number of hydrogen-bond donors (Lipinski definition) is 2. The molecule has 0 aliphatic carbocycles. The largest absolute Gasteiger partial charge is 0.355 e. The van der Waals surface area contributed by atoms with Crippen LogP contribution < -0.4 is 0 Å². The average molecular weight is 437 g/mol. The molecule has 5 aromatic rings. The molecule has 0 amide bonds. The van der Waals surface area contributed by atoms with E-state index in [1.807, 2.05) is 18.2 Å². The number of fused-ring (bicyclic) bond motifs is 11. The van der Waals surface area contributed by atoms with E-state index in [0.717, 1.165) is 67.1 Å². The summed E-state index contributed by atoms with van der Waals surface area (Å²) in [5.41, 5.74) is 12.4. The topological polar surface area (TPSA) is 57.4 Å². The lowest BCUT2D eigenvalue weighted by molar-refractivity contribution is 1.32. The fraction of sp³-hybridized carbons (Fsp3) is 0. The van der Waals surface area contributed by atoms with Crippen LogP contribution in [0.15, 0.2) is 97.1 Å². The van der Waals surface area contributed by atoms with Gasteiger partial charge in [0.15, 0.2) is 0 Å². The molecule has 7 rings (SSSR count). The van der Waals surface area contributed by atoms with Crippen molar-refractivity contribution in [1.82, 2.24) is 19.9 Å². The van der Waals surface area contributed by atoms with E-state index in [1.165, 1.54) is 0 Å². The lowest BCUT2D eigenvalue weighted by Gasteiger charge is -1.99. The molecule has 4 heteroatoms. The van der Waals surface area contributed by atoms with Crippen molar-refractivity contribution in [2.75, 3.05) is 0 Å². The summed E-state index contributed by atoms with van der Waals surface area (Å²) in [6.45, 7) is 0. The van der Waals surface area contributed by atoms with Gasteiger partial charge in [-0.1, -0.05) is 54.6 Å². The van der Waals surface area contributed by atoms with E-state index >= 15 is 0 Å². The Balaban J connectivity index is 1.61. The maximum absolute atomic E-state index is 5.05. The van der Waals surface area contributed by atoms with Crippen LogP contribution in [-0.4, -0.2) is 19.9 Å². The van der Waals surface area contributed by atoms with Gasteiger partial charge >= 0.3 is 0 Å². The molecule has 5 heterocycles. The van der Waals surface area contributed by atoms with Crippen LogP contribution in [0.25, 0.3) is 67.9 Å². The fourth-order valence-corrected chi connectivity index (χ4v) is 4.70. The third-order valence-electron chi connectivity index (χ3n) is 6.27. The average Bonchev–Trinajstić information content (AvgIpc) is 3.64. The van der Waals surface area contributed by atoms with Crippen LogP contribution in [0.4, 0.5) is 0 Å². The minimum absolute atomic E-state index is 0.920. The van der Waals surface area contributed by atoms with E-state index in [2.05, 4.69) is 101 Å². The molecule has 0 spiro atoms. The second kappa shape index (κ2) is 7.42. The molecule has 2 aromatic carbocycles. The SMILES string of the molecule is C1=Cc2cc3cc(-c4ccccc4)c(cc4nc(cc5ccc(cc1n2)[nH]5)-c1ccccc1-4)[nH]3. The summed E-state index contributed by atoms with van der Waals surface area (Å²) in [5.74, 6) is 0. The summed E-state index contributed by atoms with van der Waals surface area (Å²) in [6, 6.07) is 33.6. The van der Waals surface area contributed by atoms with Crippen LogP contribution in [0.1, 0.15) is 11.4 Å². The van der Waals surface area contributed by atoms with Crippen LogP contribution in [0.3, 0.4) is 0 Å². The molecule has 4 nitrogen and oxygen atoms in total. The fourth-order valence-electron chi connectivity index (χ4n) is 4.70. The molecule has 2 N–H and O–H groups in total. The molecular formula is C30H20N4. The van der Waals surface area contributed by atoms with Crippen molar-refractivity contribution in [2.24, 2.45) is 0 Å². The quantitative estimate of drug-likeness (QED) is 0.280. The summed E-state index contributed by atoms with van der Waals surface area (Å²) in [7, 11) is 0. The van der Waals surface area contributed by atoms with Crippen molar-refractivity contribution in [2.45, 2.75) is 0 Å². The zero-order valence-corrected chi connectivity index (χ0v) is 18.3. The van der Waals surface area contributed by atoms with Crippen LogP contribution in [0, 0.1) is 0 Å². The van der Waals surface area contributed by atoms with Gasteiger partial charge in [-0.05, 0) is 60.2 Å². The van der Waals surface area contributed by atoms with Gasteiger partial charge in [0.25, 0.3) is 0 Å². The third-order valence-corrected chi connectivity index (χ3v) is 6.27. The highest BCUT2D eigenvalue weighted by Gasteiger charge is 2.16.